The van der Waals surface area contributed by atoms with Crippen molar-refractivity contribution in [1.29, 1.82) is 0 Å². The summed E-state index contributed by atoms with van der Waals surface area (Å²) in [7, 11) is 3.31. The van der Waals surface area contributed by atoms with Gasteiger partial charge >= 0.3 is 5.63 Å². The molecule has 0 bridgehead atoms. The number of para-hydroxylation sites is 1. The Kier molecular flexibility index (Phi) is 4.82. The molecule has 0 saturated carbocycles. The van der Waals surface area contributed by atoms with Crippen molar-refractivity contribution in [2.75, 3.05) is 7.11 Å². The van der Waals surface area contributed by atoms with Crippen molar-refractivity contribution in [3.63, 3.8) is 0 Å². The van der Waals surface area contributed by atoms with E-state index in [0.717, 1.165) is 16.8 Å². The van der Waals surface area contributed by atoms with Crippen LogP contribution < -0.4 is 15.7 Å². The quantitative estimate of drug-likeness (QED) is 0.526. The van der Waals surface area contributed by atoms with E-state index < -0.39 is 11.5 Å². The number of fused-ring (bicyclic) bond motifs is 1. The van der Waals surface area contributed by atoms with Crippen molar-refractivity contribution in [2.45, 2.75) is 6.54 Å². The topological polar surface area (TPSA) is 99.2 Å². The molecule has 1 N–H and O–H groups in total. The van der Waals surface area contributed by atoms with Gasteiger partial charge in [-0.05, 0) is 23.8 Å². The zero-order valence-electron chi connectivity index (χ0n) is 15.9. The zero-order valence-corrected chi connectivity index (χ0v) is 15.9. The van der Waals surface area contributed by atoms with Gasteiger partial charge < -0.3 is 14.5 Å². The maximum atomic E-state index is 12.6. The smallest absolute Gasteiger partial charge is 0.349 e. The Morgan fingerprint density at radius 1 is 1.28 bits per heavy atom. The Balaban J connectivity index is 1.60. The zero-order chi connectivity index (χ0) is 20.4. The lowest BCUT2D eigenvalue weighted by Gasteiger charge is -2.09. The van der Waals surface area contributed by atoms with E-state index in [1.807, 2.05) is 19.3 Å². The van der Waals surface area contributed by atoms with Gasteiger partial charge in [0.05, 0.1) is 19.0 Å². The van der Waals surface area contributed by atoms with Gasteiger partial charge in [0, 0.05) is 36.9 Å². The predicted octanol–water partition coefficient (Wildman–Crippen LogP) is 2.53. The van der Waals surface area contributed by atoms with E-state index in [2.05, 4.69) is 15.4 Å². The number of carbonyl (C=O) groups is 1. The van der Waals surface area contributed by atoms with Gasteiger partial charge in [-0.1, -0.05) is 18.2 Å². The van der Waals surface area contributed by atoms with Crippen LogP contribution in [0.25, 0.3) is 22.2 Å². The molecule has 0 aliphatic rings. The number of hydrogen-bond acceptors (Lipinski definition) is 6. The summed E-state index contributed by atoms with van der Waals surface area (Å²) in [6.07, 6.45) is 5.23. The molecule has 1 aromatic carbocycles. The summed E-state index contributed by atoms with van der Waals surface area (Å²) in [5.74, 6) is -0.0903. The van der Waals surface area contributed by atoms with Gasteiger partial charge in [-0.3, -0.25) is 14.5 Å². The summed E-state index contributed by atoms with van der Waals surface area (Å²) in [6.45, 7) is 0.201. The second kappa shape index (κ2) is 7.59. The van der Waals surface area contributed by atoms with Crippen molar-refractivity contribution >= 4 is 16.9 Å². The van der Waals surface area contributed by atoms with Crippen molar-refractivity contribution in [3.8, 4) is 17.0 Å². The van der Waals surface area contributed by atoms with Gasteiger partial charge in [-0.15, -0.1) is 0 Å². The first kappa shape index (κ1) is 18.4. The highest BCUT2D eigenvalue weighted by molar-refractivity contribution is 5.97. The van der Waals surface area contributed by atoms with Crippen LogP contribution in [0.5, 0.6) is 5.75 Å². The van der Waals surface area contributed by atoms with Crippen LogP contribution in [-0.2, 0) is 13.6 Å². The predicted molar refractivity (Wildman–Crippen MR) is 107 cm³/mol. The normalized spacial score (nSPS) is 10.8. The molecule has 3 heterocycles. The molecule has 0 radical (unpaired) electrons. The van der Waals surface area contributed by atoms with Crippen molar-refractivity contribution < 1.29 is 13.9 Å². The molecular weight excluding hydrogens is 372 g/mol. The summed E-state index contributed by atoms with van der Waals surface area (Å²) >= 11 is 0. The third-order valence-electron chi connectivity index (χ3n) is 4.50. The molecule has 29 heavy (non-hydrogen) atoms. The molecule has 8 nitrogen and oxygen atoms in total. The molecule has 8 heteroatoms. The van der Waals surface area contributed by atoms with Crippen LogP contribution in [0, 0.1) is 0 Å². The Hall–Kier alpha value is -3.94. The van der Waals surface area contributed by atoms with Crippen LogP contribution >= 0.6 is 0 Å². The number of nitrogens with zero attached hydrogens (tertiary/aromatic N) is 3. The lowest BCUT2D eigenvalue weighted by molar-refractivity contribution is 0.0947. The molecule has 0 saturated heterocycles. The van der Waals surface area contributed by atoms with E-state index >= 15 is 0 Å². The van der Waals surface area contributed by atoms with Gasteiger partial charge in [0.2, 0.25) is 0 Å². The number of hydrogen-bond donors (Lipinski definition) is 1. The van der Waals surface area contributed by atoms with Gasteiger partial charge in [-0.25, -0.2) is 4.79 Å². The first-order chi connectivity index (χ1) is 14.1. The standard InChI is InChI=1S/C21H18N4O4/c1-25-12-15(11-24-25)18-14(6-4-8-22-18)10-23-20(26)16-9-13-5-3-7-17(28-2)19(13)29-21(16)27/h3-9,11-12H,10H2,1-2H3,(H,23,26). The fourth-order valence-electron chi connectivity index (χ4n) is 3.09. The van der Waals surface area contributed by atoms with E-state index in [-0.39, 0.29) is 12.1 Å². The lowest BCUT2D eigenvalue weighted by atomic mass is 10.1. The number of aryl methyl sites for hydroxylation is 1. The lowest BCUT2D eigenvalue weighted by Crippen LogP contribution is -2.28. The van der Waals surface area contributed by atoms with E-state index in [4.69, 9.17) is 9.15 Å². The summed E-state index contributed by atoms with van der Waals surface area (Å²) < 4.78 is 12.2. The van der Waals surface area contributed by atoms with E-state index in [0.29, 0.717) is 16.7 Å². The Morgan fingerprint density at radius 3 is 2.90 bits per heavy atom. The van der Waals surface area contributed by atoms with Crippen LogP contribution in [0.4, 0.5) is 0 Å². The average molecular weight is 390 g/mol. The minimum absolute atomic E-state index is 0.0717. The Labute approximate surface area is 165 Å². The van der Waals surface area contributed by atoms with Crippen molar-refractivity contribution in [1.82, 2.24) is 20.1 Å². The maximum Gasteiger partial charge on any atom is 0.349 e. The number of pyridine rings is 1. The molecule has 4 rings (SSSR count). The minimum Gasteiger partial charge on any atom is -0.493 e. The molecule has 0 unspecified atom stereocenters. The number of methoxy groups -OCH3 is 1. The highest BCUT2D eigenvalue weighted by Gasteiger charge is 2.16. The van der Waals surface area contributed by atoms with Crippen LogP contribution in [0.1, 0.15) is 15.9 Å². The van der Waals surface area contributed by atoms with Crippen molar-refractivity contribution in [2.24, 2.45) is 7.05 Å². The van der Waals surface area contributed by atoms with E-state index in [1.54, 1.807) is 41.3 Å². The third kappa shape index (κ3) is 3.60. The van der Waals surface area contributed by atoms with Crippen LogP contribution in [0.15, 0.2) is 64.2 Å². The first-order valence-electron chi connectivity index (χ1n) is 8.89. The van der Waals surface area contributed by atoms with Gasteiger partial charge in [0.1, 0.15) is 5.56 Å². The maximum absolute atomic E-state index is 12.6. The largest absolute Gasteiger partial charge is 0.493 e. The third-order valence-corrected chi connectivity index (χ3v) is 4.50. The number of aromatic nitrogens is 3. The summed E-state index contributed by atoms with van der Waals surface area (Å²) in [5.41, 5.74) is 1.88. The number of carbonyl (C=O) groups excluding carboxylic acids is 1. The number of rotatable bonds is 5. The minimum atomic E-state index is -0.724. The molecule has 0 aliphatic heterocycles. The fraction of sp³-hybridized carbons (Fsp3) is 0.143. The fourth-order valence-corrected chi connectivity index (χ4v) is 3.09. The molecule has 0 spiro atoms. The van der Waals surface area contributed by atoms with Crippen LogP contribution in [0.3, 0.4) is 0 Å². The summed E-state index contributed by atoms with van der Waals surface area (Å²) in [6, 6.07) is 10.4. The van der Waals surface area contributed by atoms with Gasteiger partial charge in [0.15, 0.2) is 11.3 Å². The summed E-state index contributed by atoms with van der Waals surface area (Å²) in [5, 5.41) is 7.53. The SMILES string of the molecule is COc1cccc2cc(C(=O)NCc3cccnc3-c3cnn(C)c3)c(=O)oc12. The summed E-state index contributed by atoms with van der Waals surface area (Å²) in [4.78, 5) is 29.4. The molecule has 4 aromatic rings. The molecule has 0 atom stereocenters. The second-order valence-electron chi connectivity index (χ2n) is 6.42. The number of nitrogens with one attached hydrogen (secondary N) is 1. The molecule has 1 amide bonds. The second-order valence-corrected chi connectivity index (χ2v) is 6.42. The number of ether oxygens (including phenoxy) is 1. The Bertz CT molecular complexity index is 1260. The molecule has 3 aromatic heterocycles. The highest BCUT2D eigenvalue weighted by Crippen LogP contribution is 2.24. The Morgan fingerprint density at radius 2 is 2.14 bits per heavy atom. The number of benzene rings is 1. The molecule has 146 valence electrons. The van der Waals surface area contributed by atoms with E-state index in [9.17, 15) is 9.59 Å². The van der Waals surface area contributed by atoms with Crippen LogP contribution in [-0.4, -0.2) is 27.8 Å². The average Bonchev–Trinajstić information content (AvgIpc) is 3.17. The monoisotopic (exact) mass is 390 g/mol. The molecule has 0 fully saturated rings. The molecular formula is C21H18N4O4. The van der Waals surface area contributed by atoms with Gasteiger partial charge in [0.25, 0.3) is 5.91 Å². The van der Waals surface area contributed by atoms with Crippen LogP contribution in [0.2, 0.25) is 0 Å². The highest BCUT2D eigenvalue weighted by atomic mass is 16.5. The van der Waals surface area contributed by atoms with E-state index in [1.165, 1.54) is 13.2 Å². The van der Waals surface area contributed by atoms with Gasteiger partial charge in [-0.2, -0.15) is 5.10 Å². The first-order valence-corrected chi connectivity index (χ1v) is 8.89. The molecule has 0 aliphatic carbocycles. The van der Waals surface area contributed by atoms with Crippen molar-refractivity contribution in [3.05, 3.63) is 76.5 Å². The number of amides is 1.